The van der Waals surface area contributed by atoms with Gasteiger partial charge in [0.05, 0.1) is 6.67 Å². The monoisotopic (exact) mass is 488 g/mol. The first kappa shape index (κ1) is 24.3. The Morgan fingerprint density at radius 1 is 1.00 bits per heavy atom. The van der Waals surface area contributed by atoms with Crippen LogP contribution < -0.4 is 10.2 Å². The molecule has 3 fully saturated rings. The van der Waals surface area contributed by atoms with Gasteiger partial charge in [0.15, 0.2) is 0 Å². The minimum Gasteiger partial charge on any atom is -0.355 e. The predicted molar refractivity (Wildman–Crippen MR) is 139 cm³/mol. The fourth-order valence-corrected chi connectivity index (χ4v) is 5.82. The standard InChI is InChI=1S/C29H36N4O3/c1-2-3-16-30-26(34)20-32-21-33(23-12-8-5-9-13-23)29(28(32)36)14-17-31(18-15-29)27(35)25-19-24(25)22-10-6-4-7-11-22/h4-13,24-25H,2-3,14-21H2,1H3,(H,30,34). The number of piperidine rings is 1. The topological polar surface area (TPSA) is 73.0 Å². The van der Waals surface area contributed by atoms with Crippen molar-refractivity contribution in [2.24, 2.45) is 5.92 Å². The van der Waals surface area contributed by atoms with Crippen LogP contribution in [0.25, 0.3) is 0 Å². The Balaban J connectivity index is 1.27. The zero-order valence-electron chi connectivity index (χ0n) is 21.1. The largest absolute Gasteiger partial charge is 0.355 e. The van der Waals surface area contributed by atoms with E-state index in [4.69, 9.17) is 0 Å². The van der Waals surface area contributed by atoms with Gasteiger partial charge in [-0.15, -0.1) is 0 Å². The van der Waals surface area contributed by atoms with Gasteiger partial charge in [-0.3, -0.25) is 14.4 Å². The van der Waals surface area contributed by atoms with Crippen LogP contribution in [0.4, 0.5) is 5.69 Å². The normalized spacial score (nSPS) is 22.7. The summed E-state index contributed by atoms with van der Waals surface area (Å²) < 4.78 is 0. The van der Waals surface area contributed by atoms with E-state index in [0.717, 1.165) is 24.9 Å². The molecule has 2 aromatic carbocycles. The van der Waals surface area contributed by atoms with Crippen LogP contribution in [0.5, 0.6) is 0 Å². The third kappa shape index (κ3) is 4.71. The lowest BCUT2D eigenvalue weighted by Crippen LogP contribution is -2.57. The molecule has 190 valence electrons. The molecule has 2 heterocycles. The van der Waals surface area contributed by atoms with Crippen molar-refractivity contribution in [3.8, 4) is 0 Å². The Labute approximate surface area is 213 Å². The van der Waals surface area contributed by atoms with E-state index in [1.807, 2.05) is 53.4 Å². The van der Waals surface area contributed by atoms with Crippen molar-refractivity contribution in [3.05, 3.63) is 66.2 Å². The van der Waals surface area contributed by atoms with E-state index in [1.54, 1.807) is 4.90 Å². The average molecular weight is 489 g/mol. The second-order valence-electron chi connectivity index (χ2n) is 10.3. The molecule has 2 unspecified atom stereocenters. The number of hydrogen-bond donors (Lipinski definition) is 1. The maximum atomic E-state index is 13.8. The Hall–Kier alpha value is -3.35. The molecule has 2 saturated heterocycles. The number of anilines is 1. The number of likely N-dealkylation sites (tertiary alicyclic amines) is 1. The Morgan fingerprint density at radius 2 is 1.67 bits per heavy atom. The third-order valence-electron chi connectivity index (χ3n) is 8.01. The van der Waals surface area contributed by atoms with Crippen LogP contribution in [0.1, 0.15) is 50.5 Å². The van der Waals surface area contributed by atoms with Gasteiger partial charge in [-0.05, 0) is 49.3 Å². The van der Waals surface area contributed by atoms with Gasteiger partial charge in [0.2, 0.25) is 11.8 Å². The van der Waals surface area contributed by atoms with Crippen molar-refractivity contribution in [1.82, 2.24) is 15.1 Å². The molecule has 0 aromatic heterocycles. The smallest absolute Gasteiger partial charge is 0.250 e. The quantitative estimate of drug-likeness (QED) is 0.579. The molecule has 5 rings (SSSR count). The minimum absolute atomic E-state index is 0.00215. The molecule has 2 aromatic rings. The molecule has 3 aliphatic rings. The number of unbranched alkanes of at least 4 members (excludes halogenated alkanes) is 1. The number of nitrogens with one attached hydrogen (secondary N) is 1. The number of carbonyl (C=O) groups is 3. The Morgan fingerprint density at radius 3 is 2.33 bits per heavy atom. The Bertz CT molecular complexity index is 1080. The van der Waals surface area contributed by atoms with Crippen molar-refractivity contribution in [2.75, 3.05) is 37.7 Å². The fourth-order valence-electron chi connectivity index (χ4n) is 5.82. The van der Waals surface area contributed by atoms with Gasteiger partial charge in [0, 0.05) is 31.2 Å². The number of nitrogens with zero attached hydrogens (tertiary/aromatic N) is 3. The number of rotatable bonds is 8. The molecule has 1 saturated carbocycles. The van der Waals surface area contributed by atoms with Crippen LogP contribution in [0, 0.1) is 5.92 Å². The molecular formula is C29H36N4O3. The van der Waals surface area contributed by atoms with E-state index in [9.17, 15) is 14.4 Å². The number of benzene rings is 2. The van der Waals surface area contributed by atoms with Crippen molar-refractivity contribution in [3.63, 3.8) is 0 Å². The molecule has 0 radical (unpaired) electrons. The summed E-state index contributed by atoms with van der Waals surface area (Å²) in [6, 6.07) is 20.2. The second kappa shape index (κ2) is 10.3. The third-order valence-corrected chi connectivity index (χ3v) is 8.01. The van der Waals surface area contributed by atoms with Gasteiger partial charge < -0.3 is 20.0 Å². The Kier molecular flexibility index (Phi) is 6.99. The number of amides is 3. The van der Waals surface area contributed by atoms with Crippen LogP contribution in [-0.2, 0) is 14.4 Å². The van der Waals surface area contributed by atoms with Crippen LogP contribution in [0.15, 0.2) is 60.7 Å². The lowest BCUT2D eigenvalue weighted by molar-refractivity contribution is -0.140. The molecule has 2 atom stereocenters. The average Bonchev–Trinajstić information content (AvgIpc) is 3.68. The highest BCUT2D eigenvalue weighted by Crippen LogP contribution is 2.49. The molecule has 1 spiro atoms. The van der Waals surface area contributed by atoms with E-state index in [-0.39, 0.29) is 30.2 Å². The first-order valence-electron chi connectivity index (χ1n) is 13.3. The zero-order chi connectivity index (χ0) is 25.1. The number of hydrogen-bond acceptors (Lipinski definition) is 4. The van der Waals surface area contributed by atoms with E-state index >= 15 is 0 Å². The summed E-state index contributed by atoms with van der Waals surface area (Å²) in [4.78, 5) is 45.4. The highest BCUT2D eigenvalue weighted by atomic mass is 16.2. The summed E-state index contributed by atoms with van der Waals surface area (Å²) in [6.45, 7) is 4.28. The maximum absolute atomic E-state index is 13.8. The summed E-state index contributed by atoms with van der Waals surface area (Å²) in [6.07, 6.45) is 3.98. The highest BCUT2D eigenvalue weighted by molar-refractivity contribution is 5.96. The van der Waals surface area contributed by atoms with Crippen molar-refractivity contribution >= 4 is 23.4 Å². The van der Waals surface area contributed by atoms with E-state index < -0.39 is 5.54 Å². The lowest BCUT2D eigenvalue weighted by atomic mass is 9.85. The summed E-state index contributed by atoms with van der Waals surface area (Å²) in [5.41, 5.74) is 1.49. The highest BCUT2D eigenvalue weighted by Gasteiger charge is 2.55. The first-order valence-corrected chi connectivity index (χ1v) is 13.3. The van der Waals surface area contributed by atoms with Crippen molar-refractivity contribution < 1.29 is 14.4 Å². The molecular weight excluding hydrogens is 452 g/mol. The number of carbonyl (C=O) groups excluding carboxylic acids is 3. The molecule has 2 aliphatic heterocycles. The first-order chi connectivity index (χ1) is 17.5. The summed E-state index contributed by atoms with van der Waals surface area (Å²) in [5.74, 6) is 0.454. The predicted octanol–water partition coefficient (Wildman–Crippen LogP) is 3.37. The zero-order valence-corrected chi connectivity index (χ0v) is 21.1. The fraction of sp³-hybridized carbons (Fsp3) is 0.483. The van der Waals surface area contributed by atoms with E-state index in [2.05, 4.69) is 29.3 Å². The maximum Gasteiger partial charge on any atom is 0.250 e. The van der Waals surface area contributed by atoms with Crippen molar-refractivity contribution in [2.45, 2.75) is 50.5 Å². The van der Waals surface area contributed by atoms with Gasteiger partial charge in [0.1, 0.15) is 12.1 Å². The molecule has 0 bridgehead atoms. The van der Waals surface area contributed by atoms with Gasteiger partial charge in [0.25, 0.3) is 5.91 Å². The summed E-state index contributed by atoms with van der Waals surface area (Å²) in [5, 5.41) is 2.93. The van der Waals surface area contributed by atoms with E-state index in [0.29, 0.717) is 45.1 Å². The molecule has 7 nitrogen and oxygen atoms in total. The van der Waals surface area contributed by atoms with Crippen LogP contribution in [0.2, 0.25) is 0 Å². The summed E-state index contributed by atoms with van der Waals surface area (Å²) >= 11 is 0. The second-order valence-corrected chi connectivity index (χ2v) is 10.3. The molecule has 7 heteroatoms. The molecule has 36 heavy (non-hydrogen) atoms. The van der Waals surface area contributed by atoms with Gasteiger partial charge in [-0.2, -0.15) is 0 Å². The molecule has 1 N–H and O–H groups in total. The van der Waals surface area contributed by atoms with Crippen LogP contribution >= 0.6 is 0 Å². The summed E-state index contributed by atoms with van der Waals surface area (Å²) in [7, 11) is 0. The van der Waals surface area contributed by atoms with Gasteiger partial charge in [-0.25, -0.2) is 0 Å². The van der Waals surface area contributed by atoms with Gasteiger partial charge in [-0.1, -0.05) is 61.9 Å². The molecule has 1 aliphatic carbocycles. The van der Waals surface area contributed by atoms with E-state index in [1.165, 1.54) is 5.56 Å². The van der Waals surface area contributed by atoms with Crippen LogP contribution in [0.3, 0.4) is 0 Å². The van der Waals surface area contributed by atoms with Crippen molar-refractivity contribution in [1.29, 1.82) is 0 Å². The van der Waals surface area contributed by atoms with Gasteiger partial charge >= 0.3 is 0 Å². The minimum atomic E-state index is -0.718. The SMILES string of the molecule is CCCCNC(=O)CN1CN(c2ccccc2)C2(CCN(C(=O)C3CC3c3ccccc3)CC2)C1=O. The number of para-hydroxylation sites is 1. The van der Waals surface area contributed by atoms with Crippen LogP contribution in [-0.4, -0.2) is 65.9 Å². The lowest BCUT2D eigenvalue weighted by Gasteiger charge is -2.43. The molecule has 3 amide bonds.